The van der Waals surface area contributed by atoms with Crippen molar-refractivity contribution in [1.29, 1.82) is 0 Å². The van der Waals surface area contributed by atoms with Gasteiger partial charge in [-0.1, -0.05) is 0 Å². The van der Waals surface area contributed by atoms with Crippen LogP contribution in [-0.4, -0.2) is 103 Å². The lowest BCUT2D eigenvalue weighted by atomic mass is 9.88. The fourth-order valence-electron chi connectivity index (χ4n) is 3.92. The highest BCUT2D eigenvalue weighted by molar-refractivity contribution is 7.99. The molecular formula is C23H30F5NO12S. The third-order valence-electron chi connectivity index (χ3n) is 5.33. The predicted octanol–water partition coefficient (Wildman–Crippen LogP) is 1.44. The zero-order valence-corrected chi connectivity index (χ0v) is 24.0. The highest BCUT2D eigenvalue weighted by atomic mass is 32.2. The summed E-state index contributed by atoms with van der Waals surface area (Å²) in [5, 5.41) is 2.36. The van der Waals surface area contributed by atoms with Crippen molar-refractivity contribution in [3.8, 4) is 0 Å². The maximum absolute atomic E-state index is 13.6. The number of methoxy groups -OCH3 is 1. The number of amides is 1. The Balaban J connectivity index is 3.78. The Hall–Kier alpha value is -3.22. The van der Waals surface area contributed by atoms with Gasteiger partial charge in [-0.05, 0) is 0 Å². The van der Waals surface area contributed by atoms with Gasteiger partial charge in [0.15, 0.2) is 12.2 Å². The molecule has 1 aliphatic rings. The molecular weight excluding hydrogens is 609 g/mol. The van der Waals surface area contributed by atoms with E-state index in [1.807, 2.05) is 0 Å². The maximum atomic E-state index is 13.6. The van der Waals surface area contributed by atoms with E-state index in [1.165, 1.54) is 0 Å². The van der Waals surface area contributed by atoms with Crippen molar-refractivity contribution >= 4 is 47.5 Å². The number of carbonyl (C=O) groups is 6. The number of alkyl halides is 5. The first-order chi connectivity index (χ1) is 19.2. The van der Waals surface area contributed by atoms with Gasteiger partial charge in [0.25, 0.3) is 0 Å². The Morgan fingerprint density at radius 3 is 1.93 bits per heavy atom. The minimum absolute atomic E-state index is 0.0393. The molecule has 0 radical (unpaired) electrons. The molecule has 1 amide bonds. The summed E-state index contributed by atoms with van der Waals surface area (Å²) < 4.78 is 96.3. The number of esters is 5. The van der Waals surface area contributed by atoms with E-state index >= 15 is 0 Å². The molecule has 0 spiro atoms. The van der Waals surface area contributed by atoms with Gasteiger partial charge in [0.2, 0.25) is 5.91 Å². The largest absolute Gasteiger partial charge is 0.464 e. The summed E-state index contributed by atoms with van der Waals surface area (Å²) in [6.45, 7) is 4.52. The lowest BCUT2D eigenvalue weighted by Crippen LogP contribution is -2.69. The van der Waals surface area contributed by atoms with Gasteiger partial charge < -0.3 is 33.7 Å². The fourth-order valence-corrected chi connectivity index (χ4v) is 4.95. The van der Waals surface area contributed by atoms with E-state index in [1.54, 1.807) is 0 Å². The molecule has 0 bridgehead atoms. The summed E-state index contributed by atoms with van der Waals surface area (Å²) >= 11 is -0.0393. The number of nitrogens with one attached hydrogen (secondary N) is 1. The Bertz CT molecular complexity index is 1040. The number of rotatable bonds is 12. The first-order valence-electron chi connectivity index (χ1n) is 11.9. The molecule has 0 aromatic carbocycles. The first-order valence-corrected chi connectivity index (χ1v) is 13.1. The van der Waals surface area contributed by atoms with Crippen LogP contribution in [0.1, 0.15) is 41.0 Å². The molecule has 1 rings (SSSR count). The van der Waals surface area contributed by atoms with Crippen LogP contribution in [0.2, 0.25) is 0 Å². The van der Waals surface area contributed by atoms with E-state index in [0.717, 1.165) is 41.7 Å². The minimum atomic E-state index is -5.91. The van der Waals surface area contributed by atoms with Crippen molar-refractivity contribution in [3.05, 3.63) is 0 Å². The average Bonchev–Trinajstić information content (AvgIpc) is 2.80. The second-order valence-corrected chi connectivity index (χ2v) is 9.97. The molecule has 0 aromatic heterocycles. The molecule has 1 aliphatic heterocycles. The highest BCUT2D eigenvalue weighted by Gasteiger charge is 2.61. The quantitative estimate of drug-likeness (QED) is 0.185. The molecule has 0 aromatic rings. The molecule has 0 saturated carbocycles. The predicted molar refractivity (Wildman–Crippen MR) is 129 cm³/mol. The van der Waals surface area contributed by atoms with Crippen LogP contribution >= 0.6 is 11.8 Å². The van der Waals surface area contributed by atoms with Crippen molar-refractivity contribution in [2.45, 2.75) is 89.4 Å². The number of carbonyl (C=O) groups excluding carboxylic acids is 6. The second-order valence-electron chi connectivity index (χ2n) is 8.94. The van der Waals surface area contributed by atoms with Crippen LogP contribution in [0.25, 0.3) is 0 Å². The van der Waals surface area contributed by atoms with Crippen LogP contribution in [-0.2, 0) is 57.2 Å². The Kier molecular flexibility index (Phi) is 13.0. The SMILES string of the molecule is COC(=O)[C@]1(OC(C)=O)C[C@H](OC(C)=O)[C@@H](NC(C)=O)C([C@@H](OC(C)=O)[C@@H](CSCC(F)(F)C(F)(F)F)OC(C)=O)O1. The number of hydrogen-bond acceptors (Lipinski definition) is 13. The second kappa shape index (κ2) is 14.8. The van der Waals surface area contributed by atoms with E-state index in [9.17, 15) is 50.7 Å². The average molecular weight is 640 g/mol. The number of halogens is 5. The molecule has 1 unspecified atom stereocenters. The standard InChI is InChI=1S/C23H30F5NO12S/c1-10(30)29-17-15(37-11(2)31)7-21(20(35)36-6,40-14(5)34)41-19(17)18(39-13(4)33)16(38-12(3)32)8-42-9-22(24,25)23(26,27)28/h15-19H,7-9H2,1-6H3,(H,29,30)/t15-,16+,17+,18-,19?,21-/m0/s1. The molecule has 13 nitrogen and oxygen atoms in total. The number of ether oxygens (including phenoxy) is 6. The van der Waals surface area contributed by atoms with Crippen LogP contribution in [0, 0.1) is 0 Å². The maximum Gasteiger partial charge on any atom is 0.454 e. The number of hydrogen-bond donors (Lipinski definition) is 1. The van der Waals surface area contributed by atoms with Gasteiger partial charge in [-0.2, -0.15) is 33.7 Å². The minimum Gasteiger partial charge on any atom is -0.464 e. The van der Waals surface area contributed by atoms with Crippen LogP contribution in [0.3, 0.4) is 0 Å². The lowest BCUT2D eigenvalue weighted by molar-refractivity contribution is -0.302. The molecule has 1 saturated heterocycles. The van der Waals surface area contributed by atoms with Crippen molar-refractivity contribution < 1.29 is 79.1 Å². The summed E-state index contributed by atoms with van der Waals surface area (Å²) in [6, 6.07) is -1.57. The van der Waals surface area contributed by atoms with E-state index < -0.39 is 102 Å². The van der Waals surface area contributed by atoms with E-state index in [2.05, 4.69) is 10.1 Å². The lowest BCUT2D eigenvalue weighted by Gasteiger charge is -2.48. The topological polar surface area (TPSA) is 170 Å². The Labute approximate surface area is 240 Å². The monoisotopic (exact) mass is 639 g/mol. The van der Waals surface area contributed by atoms with E-state index in [4.69, 9.17) is 23.7 Å². The normalized spacial score (nSPS) is 23.9. The summed E-state index contributed by atoms with van der Waals surface area (Å²) in [7, 11) is 0.870. The summed E-state index contributed by atoms with van der Waals surface area (Å²) in [4.78, 5) is 72.9. The zero-order chi connectivity index (χ0) is 32.6. The van der Waals surface area contributed by atoms with Gasteiger partial charge >= 0.3 is 47.7 Å². The van der Waals surface area contributed by atoms with Crippen molar-refractivity contribution in [2.24, 2.45) is 0 Å². The third kappa shape index (κ3) is 10.2. The molecule has 1 N–H and O–H groups in total. The van der Waals surface area contributed by atoms with Gasteiger partial charge in [-0.3, -0.25) is 24.0 Å². The highest BCUT2D eigenvalue weighted by Crippen LogP contribution is 2.40. The van der Waals surface area contributed by atoms with E-state index in [0.29, 0.717) is 0 Å². The molecule has 0 aliphatic carbocycles. The van der Waals surface area contributed by atoms with Crippen LogP contribution in [0.4, 0.5) is 22.0 Å². The van der Waals surface area contributed by atoms with Crippen molar-refractivity contribution in [2.75, 3.05) is 18.6 Å². The van der Waals surface area contributed by atoms with Gasteiger partial charge in [0, 0.05) is 40.4 Å². The van der Waals surface area contributed by atoms with Gasteiger partial charge in [-0.15, -0.1) is 0 Å². The molecule has 1 heterocycles. The first kappa shape index (κ1) is 36.8. The fraction of sp³-hybridized carbons (Fsp3) is 0.739. The van der Waals surface area contributed by atoms with Crippen LogP contribution in [0.5, 0.6) is 0 Å². The molecule has 6 atom stereocenters. The van der Waals surface area contributed by atoms with Crippen molar-refractivity contribution in [3.63, 3.8) is 0 Å². The third-order valence-corrected chi connectivity index (χ3v) is 6.46. The van der Waals surface area contributed by atoms with Crippen LogP contribution < -0.4 is 5.32 Å². The van der Waals surface area contributed by atoms with Gasteiger partial charge in [0.05, 0.1) is 25.3 Å². The smallest absolute Gasteiger partial charge is 0.454 e. The number of thioether (sulfide) groups is 1. The van der Waals surface area contributed by atoms with Gasteiger partial charge in [0.1, 0.15) is 12.2 Å². The summed E-state index contributed by atoms with van der Waals surface area (Å²) in [6.07, 6.45) is -14.1. The Morgan fingerprint density at radius 2 is 1.50 bits per heavy atom. The molecule has 1 fully saturated rings. The Morgan fingerprint density at radius 1 is 0.929 bits per heavy atom. The van der Waals surface area contributed by atoms with E-state index in [-0.39, 0.29) is 11.8 Å². The van der Waals surface area contributed by atoms with Crippen molar-refractivity contribution in [1.82, 2.24) is 5.32 Å². The van der Waals surface area contributed by atoms with Crippen LogP contribution in [0.15, 0.2) is 0 Å². The summed E-state index contributed by atoms with van der Waals surface area (Å²) in [5.41, 5.74) is 0. The summed E-state index contributed by atoms with van der Waals surface area (Å²) in [5.74, 6) is -17.1. The van der Waals surface area contributed by atoms with Gasteiger partial charge in [-0.25, -0.2) is 4.79 Å². The molecule has 42 heavy (non-hydrogen) atoms. The molecule has 240 valence electrons. The molecule has 19 heteroatoms. The zero-order valence-electron chi connectivity index (χ0n) is 23.2.